The van der Waals surface area contributed by atoms with Gasteiger partial charge in [0, 0.05) is 13.1 Å². The second-order valence-electron chi connectivity index (χ2n) is 5.85. The van der Waals surface area contributed by atoms with E-state index in [1.165, 1.54) is 0 Å². The fraction of sp³-hybridized carbons (Fsp3) is 1.00. The van der Waals surface area contributed by atoms with Gasteiger partial charge < -0.3 is 0 Å². The van der Waals surface area contributed by atoms with Crippen LogP contribution in [0.2, 0.25) is 0 Å². The summed E-state index contributed by atoms with van der Waals surface area (Å²) in [5, 5.41) is 5.77. The molecule has 0 aromatic heterocycles. The number of rotatable bonds is 19. The Labute approximate surface area is 159 Å². The highest BCUT2D eigenvalue weighted by Gasteiger charge is 2.24. The lowest BCUT2D eigenvalue weighted by atomic mass is 10.3. The first-order chi connectivity index (χ1) is 12.4. The first-order valence-corrected chi connectivity index (χ1v) is 12.8. The highest BCUT2D eigenvalue weighted by Crippen LogP contribution is 2.44. The van der Waals surface area contributed by atoms with E-state index in [1.807, 2.05) is 27.7 Å². The van der Waals surface area contributed by atoms with E-state index >= 15 is 0 Å². The fourth-order valence-corrected chi connectivity index (χ4v) is 4.85. The highest BCUT2D eigenvalue weighted by molar-refractivity contribution is 7.51. The Hall–Kier alpha value is 0.220. The molecule has 0 rings (SSSR count). The van der Waals surface area contributed by atoms with Gasteiger partial charge in [-0.15, -0.1) is 0 Å². The molecule has 0 unspecified atom stereocenters. The quantitative estimate of drug-likeness (QED) is 0.228. The molecule has 0 spiro atoms. The van der Waals surface area contributed by atoms with Crippen LogP contribution < -0.4 is 10.2 Å². The van der Waals surface area contributed by atoms with Crippen LogP contribution in [0.5, 0.6) is 0 Å². The summed E-state index contributed by atoms with van der Waals surface area (Å²) in [4.78, 5) is 0. The average Bonchev–Trinajstić information content (AvgIpc) is 2.64. The van der Waals surface area contributed by atoms with Crippen LogP contribution in [0.4, 0.5) is 0 Å². The summed E-state index contributed by atoms with van der Waals surface area (Å²) in [5.74, 6) is 0. The summed E-state index contributed by atoms with van der Waals surface area (Å²) in [6.45, 7) is 10.4. The van der Waals surface area contributed by atoms with E-state index in [4.69, 9.17) is 18.1 Å². The highest BCUT2D eigenvalue weighted by atomic mass is 31.2. The first kappa shape index (κ1) is 26.2. The molecule has 0 atom stereocenters. The molecule has 26 heavy (non-hydrogen) atoms. The Bertz CT molecular complexity index is 364. The second kappa shape index (κ2) is 16.2. The SMILES string of the molecule is CCCOP(=O)(NCCCCNP(=O)(OCCC)OCCC)OCCC. The number of nitrogens with one attached hydrogen (secondary N) is 2. The lowest BCUT2D eigenvalue weighted by molar-refractivity contribution is 0.193. The van der Waals surface area contributed by atoms with Crippen molar-refractivity contribution >= 4 is 15.5 Å². The van der Waals surface area contributed by atoms with E-state index < -0.39 is 15.5 Å². The molecular formula is C16H38N2O6P2. The molecule has 0 fully saturated rings. The van der Waals surface area contributed by atoms with E-state index in [9.17, 15) is 9.13 Å². The van der Waals surface area contributed by atoms with Gasteiger partial charge in [-0.05, 0) is 38.5 Å². The summed E-state index contributed by atoms with van der Waals surface area (Å²) in [7, 11) is -6.48. The second-order valence-corrected chi connectivity index (χ2v) is 9.51. The van der Waals surface area contributed by atoms with Gasteiger partial charge in [0.2, 0.25) is 0 Å². The van der Waals surface area contributed by atoms with Crippen molar-refractivity contribution in [3.63, 3.8) is 0 Å². The van der Waals surface area contributed by atoms with Crippen molar-refractivity contribution in [1.29, 1.82) is 0 Å². The molecule has 0 heterocycles. The normalized spacial score (nSPS) is 12.6. The van der Waals surface area contributed by atoms with Gasteiger partial charge in [-0.3, -0.25) is 18.1 Å². The van der Waals surface area contributed by atoms with Gasteiger partial charge in [-0.2, -0.15) is 0 Å². The van der Waals surface area contributed by atoms with Crippen LogP contribution in [0.1, 0.15) is 66.2 Å². The molecule has 10 heteroatoms. The molecule has 0 aliphatic rings. The van der Waals surface area contributed by atoms with Crippen LogP contribution >= 0.6 is 15.5 Å². The van der Waals surface area contributed by atoms with Gasteiger partial charge >= 0.3 is 15.5 Å². The smallest absolute Gasteiger partial charge is 0.297 e. The average molecular weight is 416 g/mol. The van der Waals surface area contributed by atoms with Crippen molar-refractivity contribution in [1.82, 2.24) is 10.2 Å². The molecule has 8 nitrogen and oxygen atoms in total. The summed E-state index contributed by atoms with van der Waals surface area (Å²) >= 11 is 0. The molecule has 0 radical (unpaired) electrons. The summed E-state index contributed by atoms with van der Waals surface area (Å²) < 4.78 is 46.4. The van der Waals surface area contributed by atoms with Crippen molar-refractivity contribution in [2.75, 3.05) is 39.5 Å². The minimum Gasteiger partial charge on any atom is -0.297 e. The Morgan fingerprint density at radius 3 is 1.08 bits per heavy atom. The van der Waals surface area contributed by atoms with Gasteiger partial charge in [0.05, 0.1) is 26.4 Å². The molecule has 0 saturated heterocycles. The first-order valence-electron chi connectivity index (χ1n) is 9.73. The van der Waals surface area contributed by atoms with Gasteiger partial charge in [0.25, 0.3) is 0 Å². The fourth-order valence-electron chi connectivity index (χ4n) is 1.78. The number of unbranched alkanes of at least 4 members (excludes halogenated alkanes) is 1. The summed E-state index contributed by atoms with van der Waals surface area (Å²) in [6, 6.07) is 0. The van der Waals surface area contributed by atoms with Crippen LogP contribution in [0, 0.1) is 0 Å². The van der Waals surface area contributed by atoms with E-state index in [1.54, 1.807) is 0 Å². The Morgan fingerprint density at radius 1 is 0.577 bits per heavy atom. The zero-order valence-corrected chi connectivity index (χ0v) is 18.6. The Balaban J connectivity index is 4.16. The molecule has 0 aliphatic heterocycles. The van der Waals surface area contributed by atoms with E-state index in [0.717, 1.165) is 38.5 Å². The molecule has 158 valence electrons. The number of hydrogen-bond acceptors (Lipinski definition) is 6. The lowest BCUT2D eigenvalue weighted by Crippen LogP contribution is -2.20. The minimum absolute atomic E-state index is 0.391. The van der Waals surface area contributed by atoms with Crippen molar-refractivity contribution in [3.8, 4) is 0 Å². The maximum atomic E-state index is 12.5. The molecule has 2 N–H and O–H groups in total. The molecule has 0 aliphatic carbocycles. The molecule has 0 saturated carbocycles. The van der Waals surface area contributed by atoms with Crippen LogP contribution in [0.25, 0.3) is 0 Å². The van der Waals surface area contributed by atoms with E-state index in [0.29, 0.717) is 39.5 Å². The monoisotopic (exact) mass is 416 g/mol. The molecule has 0 aromatic rings. The Kier molecular flexibility index (Phi) is 16.3. The van der Waals surface area contributed by atoms with Crippen LogP contribution in [0.15, 0.2) is 0 Å². The molecule has 0 aromatic carbocycles. The predicted octanol–water partition coefficient (Wildman–Crippen LogP) is 4.87. The maximum Gasteiger partial charge on any atom is 0.405 e. The minimum atomic E-state index is -3.24. The van der Waals surface area contributed by atoms with Crippen molar-refractivity contribution in [2.45, 2.75) is 66.2 Å². The zero-order valence-electron chi connectivity index (χ0n) is 16.8. The van der Waals surface area contributed by atoms with E-state index in [2.05, 4.69) is 10.2 Å². The largest absolute Gasteiger partial charge is 0.405 e. The van der Waals surface area contributed by atoms with Gasteiger partial charge in [-0.1, -0.05) is 27.7 Å². The lowest BCUT2D eigenvalue weighted by Gasteiger charge is -2.20. The van der Waals surface area contributed by atoms with Crippen LogP contribution in [-0.2, 0) is 27.2 Å². The topological polar surface area (TPSA) is 95.1 Å². The van der Waals surface area contributed by atoms with Gasteiger partial charge in [0.1, 0.15) is 0 Å². The molecule has 0 amide bonds. The van der Waals surface area contributed by atoms with E-state index in [-0.39, 0.29) is 0 Å². The summed E-state index contributed by atoms with van der Waals surface area (Å²) in [6.07, 6.45) is 4.55. The third-order valence-electron chi connectivity index (χ3n) is 3.08. The maximum absolute atomic E-state index is 12.5. The van der Waals surface area contributed by atoms with Gasteiger partial charge in [0.15, 0.2) is 0 Å². The van der Waals surface area contributed by atoms with Crippen molar-refractivity contribution in [2.24, 2.45) is 0 Å². The van der Waals surface area contributed by atoms with Gasteiger partial charge in [-0.25, -0.2) is 19.3 Å². The van der Waals surface area contributed by atoms with Crippen LogP contribution in [-0.4, -0.2) is 39.5 Å². The molecular weight excluding hydrogens is 378 g/mol. The van der Waals surface area contributed by atoms with Crippen molar-refractivity contribution < 1.29 is 27.2 Å². The summed E-state index contributed by atoms with van der Waals surface area (Å²) in [5.41, 5.74) is 0. The number of hydrogen-bond donors (Lipinski definition) is 2. The predicted molar refractivity (Wildman–Crippen MR) is 105 cm³/mol. The van der Waals surface area contributed by atoms with Crippen molar-refractivity contribution in [3.05, 3.63) is 0 Å². The third-order valence-corrected chi connectivity index (χ3v) is 6.39. The zero-order chi connectivity index (χ0) is 19.7. The third kappa shape index (κ3) is 13.4. The standard InChI is InChI=1S/C16H38N2O6P2/c1-5-13-21-25(19,22-14-6-2)17-11-9-10-12-18-26(20,23-15-7-3)24-16-8-4/h5-16H2,1-4H3,(H,17,19)(H,18,20). The van der Waals surface area contributed by atoms with Crippen LogP contribution in [0.3, 0.4) is 0 Å². The Morgan fingerprint density at radius 2 is 0.846 bits per heavy atom. The molecule has 0 bridgehead atoms.